The number of hydrogen-bond donors (Lipinski definition) is 2. The molecule has 0 bridgehead atoms. The van der Waals surface area contributed by atoms with E-state index in [0.717, 1.165) is 0 Å². The van der Waals surface area contributed by atoms with Gasteiger partial charge in [0.25, 0.3) is 5.91 Å². The minimum absolute atomic E-state index is 0.0872. The second-order valence-electron chi connectivity index (χ2n) is 5.96. The molecule has 0 aliphatic carbocycles. The molecule has 1 atom stereocenters. The molecule has 0 spiro atoms. The van der Waals surface area contributed by atoms with Crippen LogP contribution in [0.25, 0.3) is 0 Å². The molecule has 2 aromatic carbocycles. The van der Waals surface area contributed by atoms with Crippen molar-refractivity contribution in [3.05, 3.63) is 76.5 Å². The Balaban J connectivity index is 1.70. The number of quaternary nitrogens is 1. The number of benzene rings is 2. The third-order valence-corrected chi connectivity index (χ3v) is 5.18. The summed E-state index contributed by atoms with van der Waals surface area (Å²) in [7, 11) is 3.17. The highest BCUT2D eigenvalue weighted by atomic mass is 32.1. The summed E-state index contributed by atoms with van der Waals surface area (Å²) >= 11 is 1.69. The Kier molecular flexibility index (Phi) is 6.46. The van der Waals surface area contributed by atoms with Crippen LogP contribution in [0.3, 0.4) is 0 Å². The highest BCUT2D eigenvalue weighted by Crippen LogP contribution is 2.28. The number of amides is 1. The first-order valence-electron chi connectivity index (χ1n) is 8.65. The SMILES string of the molecule is COc1ccc(OC)c(NC(=O)C[NH2+][C@H](c2ccccc2)c2cccs2)c1. The molecule has 0 aliphatic rings. The van der Waals surface area contributed by atoms with Crippen LogP contribution < -0.4 is 20.1 Å². The van der Waals surface area contributed by atoms with E-state index in [1.807, 2.05) is 29.6 Å². The van der Waals surface area contributed by atoms with Crippen LogP contribution in [0.4, 0.5) is 5.69 Å². The zero-order valence-corrected chi connectivity index (χ0v) is 16.2. The van der Waals surface area contributed by atoms with Gasteiger partial charge in [-0.3, -0.25) is 4.79 Å². The van der Waals surface area contributed by atoms with Crippen LogP contribution in [0.15, 0.2) is 66.0 Å². The van der Waals surface area contributed by atoms with Gasteiger partial charge >= 0.3 is 0 Å². The molecule has 5 nitrogen and oxygen atoms in total. The molecule has 0 saturated heterocycles. The minimum atomic E-state index is -0.0981. The average molecular weight is 383 g/mol. The molecule has 3 rings (SSSR count). The molecule has 1 aromatic heterocycles. The van der Waals surface area contributed by atoms with Crippen molar-refractivity contribution in [2.75, 3.05) is 26.1 Å². The number of thiophene rings is 1. The van der Waals surface area contributed by atoms with Crippen molar-refractivity contribution in [1.29, 1.82) is 0 Å². The van der Waals surface area contributed by atoms with Crippen LogP contribution in [-0.4, -0.2) is 26.7 Å². The second-order valence-corrected chi connectivity index (χ2v) is 6.94. The average Bonchev–Trinajstić information content (AvgIpc) is 3.23. The minimum Gasteiger partial charge on any atom is -0.497 e. The molecule has 0 aliphatic heterocycles. The number of rotatable bonds is 8. The van der Waals surface area contributed by atoms with Crippen LogP contribution in [0.2, 0.25) is 0 Å². The number of ether oxygens (including phenoxy) is 2. The smallest absolute Gasteiger partial charge is 0.279 e. The number of methoxy groups -OCH3 is 2. The number of hydrogen-bond acceptors (Lipinski definition) is 4. The largest absolute Gasteiger partial charge is 0.497 e. The van der Waals surface area contributed by atoms with E-state index in [-0.39, 0.29) is 18.5 Å². The van der Waals surface area contributed by atoms with Gasteiger partial charge in [-0.25, -0.2) is 0 Å². The molecule has 0 fully saturated rings. The maximum atomic E-state index is 12.6. The van der Waals surface area contributed by atoms with Crippen molar-refractivity contribution in [3.8, 4) is 11.5 Å². The van der Waals surface area contributed by atoms with Crippen molar-refractivity contribution in [2.45, 2.75) is 6.04 Å². The molecular formula is C21H23N2O3S+. The molecule has 1 amide bonds. The van der Waals surface area contributed by atoms with Crippen molar-refractivity contribution in [1.82, 2.24) is 0 Å². The molecule has 3 N–H and O–H groups in total. The van der Waals surface area contributed by atoms with Gasteiger partial charge < -0.3 is 20.1 Å². The van der Waals surface area contributed by atoms with Crippen LogP contribution in [0.5, 0.6) is 11.5 Å². The monoisotopic (exact) mass is 383 g/mol. The Morgan fingerprint density at radius 3 is 2.56 bits per heavy atom. The third kappa shape index (κ3) is 4.87. The van der Waals surface area contributed by atoms with E-state index in [0.29, 0.717) is 17.2 Å². The summed E-state index contributed by atoms with van der Waals surface area (Å²) in [5, 5.41) is 7.02. The molecule has 6 heteroatoms. The van der Waals surface area contributed by atoms with Gasteiger partial charge in [0, 0.05) is 11.6 Å². The highest BCUT2D eigenvalue weighted by molar-refractivity contribution is 7.10. The Labute approximate surface area is 162 Å². The van der Waals surface area contributed by atoms with Gasteiger partial charge in [0.1, 0.15) is 17.5 Å². The summed E-state index contributed by atoms with van der Waals surface area (Å²) in [5.41, 5.74) is 1.77. The summed E-state index contributed by atoms with van der Waals surface area (Å²) < 4.78 is 10.5. The summed E-state index contributed by atoms with van der Waals surface area (Å²) in [5.74, 6) is 1.16. The summed E-state index contributed by atoms with van der Waals surface area (Å²) in [6.07, 6.45) is 0. The third-order valence-electron chi connectivity index (χ3n) is 4.23. The van der Waals surface area contributed by atoms with Crippen molar-refractivity contribution in [2.24, 2.45) is 0 Å². The zero-order valence-electron chi connectivity index (χ0n) is 15.3. The van der Waals surface area contributed by atoms with Gasteiger partial charge in [0.05, 0.1) is 24.8 Å². The maximum absolute atomic E-state index is 12.6. The van der Waals surface area contributed by atoms with Gasteiger partial charge in [0.15, 0.2) is 6.54 Å². The fourth-order valence-corrected chi connectivity index (χ4v) is 3.73. The van der Waals surface area contributed by atoms with Gasteiger partial charge in [-0.05, 0) is 23.6 Å². The Hall–Kier alpha value is -2.83. The van der Waals surface area contributed by atoms with Crippen LogP contribution in [0, 0.1) is 0 Å². The van der Waals surface area contributed by atoms with Gasteiger partial charge in [-0.15, -0.1) is 11.3 Å². The normalized spacial score (nSPS) is 11.6. The predicted octanol–water partition coefficient (Wildman–Crippen LogP) is 3.06. The Bertz CT molecular complexity index is 866. The van der Waals surface area contributed by atoms with Crippen LogP contribution >= 0.6 is 11.3 Å². The van der Waals surface area contributed by atoms with E-state index in [4.69, 9.17) is 9.47 Å². The van der Waals surface area contributed by atoms with Crippen LogP contribution in [-0.2, 0) is 4.79 Å². The number of nitrogens with one attached hydrogen (secondary N) is 1. The van der Waals surface area contributed by atoms with E-state index in [1.54, 1.807) is 43.8 Å². The number of nitrogens with two attached hydrogens (primary N) is 1. The second kappa shape index (κ2) is 9.21. The van der Waals surface area contributed by atoms with E-state index in [2.05, 4.69) is 28.9 Å². The fourth-order valence-electron chi connectivity index (χ4n) is 2.88. The molecule has 3 aromatic rings. The standard InChI is InChI=1S/C21H22N2O3S/c1-25-16-10-11-18(26-2)17(13-16)23-20(24)14-22-21(19-9-6-12-27-19)15-7-4-3-5-8-15/h3-13,21-22H,14H2,1-2H3,(H,23,24)/p+1/t21-/m1/s1. The van der Waals surface area contributed by atoms with Crippen molar-refractivity contribution < 1.29 is 19.6 Å². The maximum Gasteiger partial charge on any atom is 0.279 e. The zero-order chi connectivity index (χ0) is 19.1. The van der Waals surface area contributed by atoms with E-state index >= 15 is 0 Å². The highest BCUT2D eigenvalue weighted by Gasteiger charge is 2.20. The first kappa shape index (κ1) is 18.9. The lowest BCUT2D eigenvalue weighted by atomic mass is 10.1. The lowest BCUT2D eigenvalue weighted by Crippen LogP contribution is -2.87. The Morgan fingerprint density at radius 1 is 1.07 bits per heavy atom. The molecule has 1 heterocycles. The predicted molar refractivity (Wildman–Crippen MR) is 108 cm³/mol. The van der Waals surface area contributed by atoms with E-state index < -0.39 is 0 Å². The molecular weight excluding hydrogens is 360 g/mol. The first-order chi connectivity index (χ1) is 13.2. The van der Waals surface area contributed by atoms with Gasteiger partial charge in [-0.2, -0.15) is 0 Å². The summed E-state index contributed by atoms with van der Waals surface area (Å²) in [4.78, 5) is 13.8. The summed E-state index contributed by atoms with van der Waals surface area (Å²) in [6, 6.07) is 19.8. The van der Waals surface area contributed by atoms with E-state index in [9.17, 15) is 4.79 Å². The topological polar surface area (TPSA) is 64.2 Å². The number of carbonyl (C=O) groups excluding carboxylic acids is 1. The first-order valence-corrected chi connectivity index (χ1v) is 9.52. The molecule has 27 heavy (non-hydrogen) atoms. The quantitative estimate of drug-likeness (QED) is 0.628. The molecule has 0 radical (unpaired) electrons. The fraction of sp³-hybridized carbons (Fsp3) is 0.190. The van der Waals surface area contributed by atoms with Crippen LogP contribution in [0.1, 0.15) is 16.5 Å². The van der Waals surface area contributed by atoms with Crippen molar-refractivity contribution in [3.63, 3.8) is 0 Å². The lowest BCUT2D eigenvalue weighted by molar-refractivity contribution is -0.675. The number of anilines is 1. The Morgan fingerprint density at radius 2 is 1.89 bits per heavy atom. The molecule has 140 valence electrons. The number of carbonyl (C=O) groups is 1. The molecule has 0 unspecified atom stereocenters. The summed E-state index contributed by atoms with van der Waals surface area (Å²) in [6.45, 7) is 0.290. The lowest BCUT2D eigenvalue weighted by Gasteiger charge is -2.15. The molecule has 0 saturated carbocycles. The van der Waals surface area contributed by atoms with Crippen molar-refractivity contribution >= 4 is 22.9 Å². The van der Waals surface area contributed by atoms with Gasteiger partial charge in [0.2, 0.25) is 0 Å². The van der Waals surface area contributed by atoms with Gasteiger partial charge in [-0.1, -0.05) is 36.4 Å². The van der Waals surface area contributed by atoms with E-state index in [1.165, 1.54) is 10.4 Å².